The van der Waals surface area contributed by atoms with Gasteiger partial charge in [-0.3, -0.25) is 4.79 Å². The Labute approximate surface area is 166 Å². The fourth-order valence-electron chi connectivity index (χ4n) is 2.71. The average molecular weight is 388 g/mol. The van der Waals surface area contributed by atoms with Crippen molar-refractivity contribution in [3.8, 4) is 17.2 Å². The number of hydrogen-bond donors (Lipinski definition) is 1. The second-order valence-corrected chi connectivity index (χ2v) is 6.11. The van der Waals surface area contributed by atoms with Crippen molar-refractivity contribution in [2.24, 2.45) is 0 Å². The molecule has 0 aliphatic rings. The Kier molecular flexibility index (Phi) is 8.62. The lowest BCUT2D eigenvalue weighted by molar-refractivity contribution is -0.143. The Morgan fingerprint density at radius 2 is 1.86 bits per heavy atom. The van der Waals surface area contributed by atoms with E-state index in [1.54, 1.807) is 32.2 Å². The number of carbonyl (C=O) groups excluding carboxylic acids is 1. The quantitative estimate of drug-likeness (QED) is 0.592. The van der Waals surface area contributed by atoms with Crippen LogP contribution in [0.4, 0.5) is 0 Å². The standard InChI is InChI=1S/C22H28O6/c1-4-26-21-14-19(11-9-16(21)10-12-22(24)27-5-2)28-15-20(23)17-7-6-8-18(13-17)25-3/h6-9,11,13-14,20,23H,4-5,10,12,15H2,1-3H3/t20-/m1/s1. The number of aliphatic hydroxyl groups is 1. The van der Waals surface area contributed by atoms with E-state index in [0.717, 1.165) is 11.1 Å². The number of rotatable bonds is 11. The topological polar surface area (TPSA) is 74.2 Å². The van der Waals surface area contributed by atoms with E-state index in [9.17, 15) is 9.90 Å². The van der Waals surface area contributed by atoms with Crippen LogP contribution in [-0.4, -0.2) is 38.0 Å². The van der Waals surface area contributed by atoms with Crippen molar-refractivity contribution in [2.75, 3.05) is 26.9 Å². The Balaban J connectivity index is 2.00. The van der Waals surface area contributed by atoms with Crippen LogP contribution in [0.25, 0.3) is 0 Å². The fraction of sp³-hybridized carbons (Fsp3) is 0.409. The first-order chi connectivity index (χ1) is 13.6. The van der Waals surface area contributed by atoms with Crippen molar-refractivity contribution in [1.29, 1.82) is 0 Å². The molecule has 0 bridgehead atoms. The zero-order valence-corrected chi connectivity index (χ0v) is 16.6. The molecule has 2 aromatic carbocycles. The number of carbonyl (C=O) groups is 1. The molecule has 0 saturated carbocycles. The van der Waals surface area contributed by atoms with Gasteiger partial charge in [-0.1, -0.05) is 18.2 Å². The summed E-state index contributed by atoms with van der Waals surface area (Å²) in [5.74, 6) is 1.71. The lowest BCUT2D eigenvalue weighted by Gasteiger charge is -2.16. The summed E-state index contributed by atoms with van der Waals surface area (Å²) in [4.78, 5) is 11.6. The van der Waals surface area contributed by atoms with E-state index in [4.69, 9.17) is 18.9 Å². The number of ether oxygens (including phenoxy) is 4. The fourth-order valence-corrected chi connectivity index (χ4v) is 2.71. The smallest absolute Gasteiger partial charge is 0.306 e. The van der Waals surface area contributed by atoms with E-state index in [0.29, 0.717) is 43.3 Å². The summed E-state index contributed by atoms with van der Waals surface area (Å²) in [6.07, 6.45) is 0.0398. The molecule has 28 heavy (non-hydrogen) atoms. The highest BCUT2D eigenvalue weighted by Gasteiger charge is 2.12. The molecule has 6 nitrogen and oxygen atoms in total. The van der Waals surface area contributed by atoms with Crippen molar-refractivity contribution < 1.29 is 28.8 Å². The number of benzene rings is 2. The summed E-state index contributed by atoms with van der Waals surface area (Å²) >= 11 is 0. The number of aryl methyl sites for hydroxylation is 1. The molecule has 0 radical (unpaired) electrons. The van der Waals surface area contributed by atoms with Crippen molar-refractivity contribution >= 4 is 5.97 Å². The van der Waals surface area contributed by atoms with Crippen LogP contribution in [0.1, 0.15) is 37.5 Å². The highest BCUT2D eigenvalue weighted by molar-refractivity contribution is 5.69. The second kappa shape index (κ2) is 11.2. The first-order valence-corrected chi connectivity index (χ1v) is 9.43. The van der Waals surface area contributed by atoms with E-state index >= 15 is 0 Å². The normalized spacial score (nSPS) is 11.6. The highest BCUT2D eigenvalue weighted by Crippen LogP contribution is 2.27. The molecular weight excluding hydrogens is 360 g/mol. The maximum absolute atomic E-state index is 11.6. The molecule has 2 aromatic rings. The molecular formula is C22H28O6. The molecule has 2 rings (SSSR count). The molecule has 0 fully saturated rings. The SMILES string of the molecule is CCOC(=O)CCc1ccc(OC[C@@H](O)c2cccc(OC)c2)cc1OCC. The van der Waals surface area contributed by atoms with Gasteiger partial charge < -0.3 is 24.1 Å². The maximum atomic E-state index is 11.6. The third kappa shape index (κ3) is 6.46. The third-order valence-electron chi connectivity index (χ3n) is 4.13. The summed E-state index contributed by atoms with van der Waals surface area (Å²) in [5.41, 5.74) is 1.63. The average Bonchev–Trinajstić information content (AvgIpc) is 2.71. The molecule has 0 heterocycles. The number of methoxy groups -OCH3 is 1. The van der Waals surface area contributed by atoms with Gasteiger partial charge in [0.2, 0.25) is 0 Å². The van der Waals surface area contributed by atoms with Crippen LogP contribution in [0.15, 0.2) is 42.5 Å². The van der Waals surface area contributed by atoms with Gasteiger partial charge in [0.1, 0.15) is 30.0 Å². The van der Waals surface area contributed by atoms with Crippen molar-refractivity contribution in [3.63, 3.8) is 0 Å². The largest absolute Gasteiger partial charge is 0.497 e. The van der Waals surface area contributed by atoms with Crippen LogP contribution in [0.3, 0.4) is 0 Å². The van der Waals surface area contributed by atoms with Gasteiger partial charge in [0, 0.05) is 12.5 Å². The molecule has 0 aromatic heterocycles. The first-order valence-electron chi connectivity index (χ1n) is 9.43. The number of aliphatic hydroxyl groups excluding tert-OH is 1. The molecule has 152 valence electrons. The van der Waals surface area contributed by atoms with E-state index in [2.05, 4.69) is 0 Å². The van der Waals surface area contributed by atoms with Gasteiger partial charge in [-0.25, -0.2) is 0 Å². The number of esters is 1. The molecule has 6 heteroatoms. The molecule has 1 N–H and O–H groups in total. The van der Waals surface area contributed by atoms with Gasteiger partial charge >= 0.3 is 5.97 Å². The monoisotopic (exact) mass is 388 g/mol. The van der Waals surface area contributed by atoms with Crippen molar-refractivity contribution in [3.05, 3.63) is 53.6 Å². The Bertz CT molecular complexity index is 758. The summed E-state index contributed by atoms with van der Waals surface area (Å²) in [7, 11) is 1.58. The second-order valence-electron chi connectivity index (χ2n) is 6.11. The third-order valence-corrected chi connectivity index (χ3v) is 4.13. The Hall–Kier alpha value is -2.73. The molecule has 0 saturated heterocycles. The lowest BCUT2D eigenvalue weighted by Crippen LogP contribution is -2.10. The van der Waals surface area contributed by atoms with Crippen molar-refractivity contribution in [2.45, 2.75) is 32.8 Å². The van der Waals surface area contributed by atoms with E-state index in [-0.39, 0.29) is 12.6 Å². The van der Waals surface area contributed by atoms with Gasteiger partial charge in [0.25, 0.3) is 0 Å². The zero-order valence-electron chi connectivity index (χ0n) is 16.6. The van der Waals surface area contributed by atoms with Crippen LogP contribution in [0.5, 0.6) is 17.2 Å². The van der Waals surface area contributed by atoms with Crippen LogP contribution >= 0.6 is 0 Å². The predicted molar refractivity (Wildman–Crippen MR) is 106 cm³/mol. The first kappa shape index (κ1) is 21.6. The molecule has 0 aliphatic carbocycles. The summed E-state index contributed by atoms with van der Waals surface area (Å²) in [5, 5.41) is 10.4. The van der Waals surface area contributed by atoms with Crippen LogP contribution in [-0.2, 0) is 16.0 Å². The Morgan fingerprint density at radius 3 is 2.57 bits per heavy atom. The summed E-state index contributed by atoms with van der Waals surface area (Å²) < 4.78 is 21.6. The van der Waals surface area contributed by atoms with Crippen LogP contribution < -0.4 is 14.2 Å². The van der Waals surface area contributed by atoms with Crippen LogP contribution in [0, 0.1) is 0 Å². The maximum Gasteiger partial charge on any atom is 0.306 e. The minimum atomic E-state index is -0.783. The Morgan fingerprint density at radius 1 is 1.04 bits per heavy atom. The highest BCUT2D eigenvalue weighted by atomic mass is 16.5. The van der Waals surface area contributed by atoms with Gasteiger partial charge in [-0.2, -0.15) is 0 Å². The minimum absolute atomic E-state index is 0.0981. The van der Waals surface area contributed by atoms with Gasteiger partial charge in [-0.05, 0) is 49.6 Å². The predicted octanol–water partition coefficient (Wildman–Crippen LogP) is 3.70. The minimum Gasteiger partial charge on any atom is -0.497 e. The van der Waals surface area contributed by atoms with Crippen molar-refractivity contribution in [1.82, 2.24) is 0 Å². The van der Waals surface area contributed by atoms with Gasteiger partial charge in [-0.15, -0.1) is 0 Å². The van der Waals surface area contributed by atoms with E-state index in [1.165, 1.54) is 0 Å². The molecule has 0 amide bonds. The number of hydrogen-bond acceptors (Lipinski definition) is 6. The lowest BCUT2D eigenvalue weighted by atomic mass is 10.1. The van der Waals surface area contributed by atoms with E-state index < -0.39 is 6.10 Å². The van der Waals surface area contributed by atoms with Gasteiger partial charge in [0.05, 0.1) is 20.3 Å². The molecule has 0 spiro atoms. The summed E-state index contributed by atoms with van der Waals surface area (Å²) in [6.45, 7) is 4.66. The van der Waals surface area contributed by atoms with E-state index in [1.807, 2.05) is 31.2 Å². The molecule has 1 atom stereocenters. The molecule has 0 aliphatic heterocycles. The zero-order chi connectivity index (χ0) is 20.4. The molecule has 0 unspecified atom stereocenters. The van der Waals surface area contributed by atoms with Crippen LogP contribution in [0.2, 0.25) is 0 Å². The summed E-state index contributed by atoms with van der Waals surface area (Å²) in [6, 6.07) is 12.7. The van der Waals surface area contributed by atoms with Gasteiger partial charge in [0.15, 0.2) is 0 Å².